The number of hydrogen-bond acceptors (Lipinski definition) is 4. The molecule has 19 heavy (non-hydrogen) atoms. The summed E-state index contributed by atoms with van der Waals surface area (Å²) in [7, 11) is 0. The topological polar surface area (TPSA) is 85.4 Å². The van der Waals surface area contributed by atoms with E-state index in [1.54, 1.807) is 0 Å². The summed E-state index contributed by atoms with van der Waals surface area (Å²) >= 11 is 0. The summed E-state index contributed by atoms with van der Waals surface area (Å²) < 4.78 is 5.65. The molecular formula is C14H20N2O3. The number of nitrogens with two attached hydrogens (primary N) is 1. The molecule has 104 valence electrons. The Bertz CT molecular complexity index is 440. The standard InChI is InChI=1S/C14H20N2O3/c15-13-7-11(14(17)18)12(8-16-13)19-9-10-5-3-1-2-4-6-10/h7-8,10H,1-6,9H2,(H2,15,16)(H,17,18). The fourth-order valence-corrected chi connectivity index (χ4v) is 2.48. The maximum atomic E-state index is 11.1. The Hall–Kier alpha value is -1.78. The molecule has 0 amide bonds. The van der Waals surface area contributed by atoms with Gasteiger partial charge < -0.3 is 15.6 Å². The van der Waals surface area contributed by atoms with Gasteiger partial charge in [-0.2, -0.15) is 0 Å². The maximum Gasteiger partial charge on any atom is 0.339 e. The first-order chi connectivity index (χ1) is 9.16. The molecule has 0 radical (unpaired) electrons. The van der Waals surface area contributed by atoms with Crippen molar-refractivity contribution >= 4 is 11.8 Å². The molecule has 0 bridgehead atoms. The molecule has 0 aromatic carbocycles. The molecule has 1 aromatic heterocycles. The minimum atomic E-state index is -1.04. The third-order valence-electron chi connectivity index (χ3n) is 3.57. The first-order valence-electron chi connectivity index (χ1n) is 6.78. The molecule has 5 heteroatoms. The second-order valence-electron chi connectivity index (χ2n) is 5.08. The van der Waals surface area contributed by atoms with Crippen LogP contribution >= 0.6 is 0 Å². The van der Waals surface area contributed by atoms with E-state index in [0.717, 1.165) is 12.8 Å². The predicted octanol–water partition coefficient (Wildman–Crippen LogP) is 2.71. The molecule has 0 atom stereocenters. The molecule has 1 fully saturated rings. The van der Waals surface area contributed by atoms with E-state index < -0.39 is 5.97 Å². The lowest BCUT2D eigenvalue weighted by atomic mass is 10.0. The predicted molar refractivity (Wildman–Crippen MR) is 72.3 cm³/mol. The highest BCUT2D eigenvalue weighted by molar-refractivity contribution is 5.91. The van der Waals surface area contributed by atoms with Crippen LogP contribution in [-0.4, -0.2) is 22.7 Å². The summed E-state index contributed by atoms with van der Waals surface area (Å²) in [4.78, 5) is 15.0. The van der Waals surface area contributed by atoms with Crippen LogP contribution < -0.4 is 10.5 Å². The van der Waals surface area contributed by atoms with Gasteiger partial charge in [0.05, 0.1) is 12.8 Å². The fraction of sp³-hybridized carbons (Fsp3) is 0.571. The lowest BCUT2D eigenvalue weighted by molar-refractivity contribution is 0.0691. The Morgan fingerprint density at radius 1 is 1.37 bits per heavy atom. The second kappa shape index (κ2) is 6.41. The van der Waals surface area contributed by atoms with E-state index in [9.17, 15) is 4.79 Å². The number of nitrogen functional groups attached to an aromatic ring is 1. The molecule has 5 nitrogen and oxygen atoms in total. The van der Waals surface area contributed by atoms with E-state index in [-0.39, 0.29) is 11.4 Å². The van der Waals surface area contributed by atoms with Crippen LogP contribution in [0.1, 0.15) is 48.9 Å². The van der Waals surface area contributed by atoms with Gasteiger partial charge in [0.2, 0.25) is 0 Å². The summed E-state index contributed by atoms with van der Waals surface area (Å²) in [5.41, 5.74) is 5.58. The smallest absolute Gasteiger partial charge is 0.339 e. The van der Waals surface area contributed by atoms with E-state index in [4.69, 9.17) is 15.6 Å². The van der Waals surface area contributed by atoms with Gasteiger partial charge in [-0.15, -0.1) is 0 Å². The van der Waals surface area contributed by atoms with Crippen molar-refractivity contribution < 1.29 is 14.6 Å². The maximum absolute atomic E-state index is 11.1. The number of carbonyl (C=O) groups is 1. The van der Waals surface area contributed by atoms with Gasteiger partial charge in [0.25, 0.3) is 0 Å². The monoisotopic (exact) mass is 264 g/mol. The van der Waals surface area contributed by atoms with Crippen molar-refractivity contribution in [3.8, 4) is 5.75 Å². The highest BCUT2D eigenvalue weighted by Crippen LogP contribution is 2.25. The zero-order valence-corrected chi connectivity index (χ0v) is 11.0. The van der Waals surface area contributed by atoms with Crippen LogP contribution in [0.2, 0.25) is 0 Å². The number of nitrogens with zero attached hydrogens (tertiary/aromatic N) is 1. The number of carboxylic acid groups (broad SMARTS) is 1. The molecular weight excluding hydrogens is 244 g/mol. The fourth-order valence-electron chi connectivity index (χ4n) is 2.48. The third-order valence-corrected chi connectivity index (χ3v) is 3.57. The van der Waals surface area contributed by atoms with Crippen molar-refractivity contribution in [2.24, 2.45) is 5.92 Å². The van der Waals surface area contributed by atoms with Gasteiger partial charge in [0.1, 0.15) is 11.4 Å². The molecule has 1 aliphatic carbocycles. The van der Waals surface area contributed by atoms with E-state index in [2.05, 4.69) is 4.98 Å². The van der Waals surface area contributed by atoms with Crippen LogP contribution in [0.5, 0.6) is 5.75 Å². The molecule has 0 unspecified atom stereocenters. The molecule has 0 aliphatic heterocycles. The normalized spacial score (nSPS) is 16.8. The molecule has 1 saturated carbocycles. The van der Waals surface area contributed by atoms with Crippen molar-refractivity contribution in [3.63, 3.8) is 0 Å². The summed E-state index contributed by atoms with van der Waals surface area (Å²) in [5, 5.41) is 9.11. The summed E-state index contributed by atoms with van der Waals surface area (Å²) in [5.74, 6) is -0.0168. The van der Waals surface area contributed by atoms with Crippen molar-refractivity contribution in [1.29, 1.82) is 0 Å². The zero-order valence-electron chi connectivity index (χ0n) is 11.0. The highest BCUT2D eigenvalue weighted by atomic mass is 16.5. The Kier molecular flexibility index (Phi) is 4.60. The second-order valence-corrected chi connectivity index (χ2v) is 5.08. The van der Waals surface area contributed by atoms with Crippen LogP contribution in [-0.2, 0) is 0 Å². The zero-order chi connectivity index (χ0) is 13.7. The minimum absolute atomic E-state index is 0.0844. The van der Waals surface area contributed by atoms with Crippen LogP contribution in [0, 0.1) is 5.92 Å². The van der Waals surface area contributed by atoms with E-state index in [1.807, 2.05) is 0 Å². The number of ether oxygens (including phenoxy) is 1. The summed E-state index contributed by atoms with van der Waals surface area (Å²) in [6.45, 7) is 0.561. The lowest BCUT2D eigenvalue weighted by Crippen LogP contribution is -2.13. The average molecular weight is 264 g/mol. The van der Waals surface area contributed by atoms with Crippen LogP contribution in [0.15, 0.2) is 12.3 Å². The molecule has 2 rings (SSSR count). The lowest BCUT2D eigenvalue weighted by Gasteiger charge is -2.16. The number of pyridine rings is 1. The Balaban J connectivity index is 2.00. The number of anilines is 1. The molecule has 1 aliphatic rings. The van der Waals surface area contributed by atoms with Gasteiger partial charge >= 0.3 is 5.97 Å². The summed E-state index contributed by atoms with van der Waals surface area (Å²) in [6, 6.07) is 1.34. The van der Waals surface area contributed by atoms with Gasteiger partial charge in [-0.05, 0) is 24.8 Å². The van der Waals surface area contributed by atoms with E-state index in [0.29, 0.717) is 18.3 Å². The van der Waals surface area contributed by atoms with Gasteiger partial charge in [-0.3, -0.25) is 0 Å². The van der Waals surface area contributed by atoms with E-state index in [1.165, 1.54) is 37.9 Å². The van der Waals surface area contributed by atoms with Crippen LogP contribution in [0.4, 0.5) is 5.82 Å². The average Bonchev–Trinajstić information content (AvgIpc) is 2.65. The van der Waals surface area contributed by atoms with Gasteiger partial charge in [-0.25, -0.2) is 9.78 Å². The first kappa shape index (κ1) is 13.6. The summed E-state index contributed by atoms with van der Waals surface area (Å²) in [6.07, 6.45) is 8.77. The van der Waals surface area contributed by atoms with Crippen molar-refractivity contribution in [1.82, 2.24) is 4.98 Å². The van der Waals surface area contributed by atoms with Crippen LogP contribution in [0.25, 0.3) is 0 Å². The molecule has 1 heterocycles. The number of aromatic carboxylic acids is 1. The Morgan fingerprint density at radius 3 is 2.68 bits per heavy atom. The molecule has 1 aromatic rings. The number of hydrogen-bond donors (Lipinski definition) is 2. The largest absolute Gasteiger partial charge is 0.491 e. The van der Waals surface area contributed by atoms with Crippen molar-refractivity contribution in [2.45, 2.75) is 38.5 Å². The Morgan fingerprint density at radius 2 is 2.05 bits per heavy atom. The highest BCUT2D eigenvalue weighted by Gasteiger charge is 2.16. The van der Waals surface area contributed by atoms with Gasteiger partial charge in [-0.1, -0.05) is 25.7 Å². The van der Waals surface area contributed by atoms with E-state index >= 15 is 0 Å². The third kappa shape index (κ3) is 3.84. The molecule has 0 spiro atoms. The Labute approximate surface area is 112 Å². The quantitative estimate of drug-likeness (QED) is 0.817. The number of aromatic nitrogens is 1. The SMILES string of the molecule is Nc1cc(C(=O)O)c(OCC2CCCCCC2)cn1. The first-order valence-corrected chi connectivity index (χ1v) is 6.78. The molecule has 0 saturated heterocycles. The van der Waals surface area contributed by atoms with Gasteiger partial charge in [0.15, 0.2) is 5.75 Å². The van der Waals surface area contributed by atoms with Crippen molar-refractivity contribution in [2.75, 3.05) is 12.3 Å². The van der Waals surface area contributed by atoms with Crippen molar-refractivity contribution in [3.05, 3.63) is 17.8 Å². The number of rotatable bonds is 4. The van der Waals surface area contributed by atoms with Gasteiger partial charge in [0, 0.05) is 0 Å². The number of carboxylic acids is 1. The van der Waals surface area contributed by atoms with Crippen LogP contribution in [0.3, 0.4) is 0 Å². The minimum Gasteiger partial charge on any atom is -0.491 e. The molecule has 3 N–H and O–H groups in total.